The minimum absolute atomic E-state index is 0.108. The van der Waals surface area contributed by atoms with Gasteiger partial charge in [0, 0.05) is 13.0 Å². The Morgan fingerprint density at radius 3 is 2.73 bits per heavy atom. The minimum Gasteiger partial charge on any atom is -0.346 e. The molecule has 1 amide bonds. The van der Waals surface area contributed by atoms with Gasteiger partial charge in [-0.3, -0.25) is 9.36 Å². The number of hydrogen-bond acceptors (Lipinski definition) is 3. The van der Waals surface area contributed by atoms with E-state index < -0.39 is 5.54 Å². The van der Waals surface area contributed by atoms with Gasteiger partial charge in [-0.05, 0) is 44.4 Å². The zero-order valence-electron chi connectivity index (χ0n) is 14.9. The third-order valence-electron chi connectivity index (χ3n) is 4.67. The summed E-state index contributed by atoms with van der Waals surface area (Å²) in [5.74, 6) is 0.487. The summed E-state index contributed by atoms with van der Waals surface area (Å²) in [6, 6.07) is 5.25. The number of aromatic nitrogens is 3. The van der Waals surface area contributed by atoms with Crippen LogP contribution in [0.1, 0.15) is 44.5 Å². The number of hydrogen-bond donors (Lipinski definition) is 1. The van der Waals surface area contributed by atoms with Gasteiger partial charge >= 0.3 is 5.69 Å². The van der Waals surface area contributed by atoms with E-state index in [2.05, 4.69) is 10.4 Å². The highest BCUT2D eigenvalue weighted by Gasteiger charge is 2.25. The molecule has 0 aliphatic carbocycles. The predicted octanol–water partition coefficient (Wildman–Crippen LogP) is 3.13. The summed E-state index contributed by atoms with van der Waals surface area (Å²) in [4.78, 5) is 25.0. The van der Waals surface area contributed by atoms with Crippen molar-refractivity contribution in [1.29, 1.82) is 0 Å². The standard InChI is InChI=1S/C18H22Cl2N4O2/c1-18(2,12-7-8-13(19)14(20)10-12)21-16(25)11-24-17(26)23-9-5-3-4-6-15(23)22-24/h7-8,10H,3-6,9,11H2,1-2H3,(H,21,25). The molecule has 2 heterocycles. The van der Waals surface area contributed by atoms with E-state index >= 15 is 0 Å². The van der Waals surface area contributed by atoms with E-state index in [-0.39, 0.29) is 18.1 Å². The maximum absolute atomic E-state index is 12.5. The number of nitrogens with one attached hydrogen (secondary N) is 1. The van der Waals surface area contributed by atoms with Crippen LogP contribution >= 0.6 is 23.2 Å². The van der Waals surface area contributed by atoms with Gasteiger partial charge in [0.1, 0.15) is 12.4 Å². The minimum atomic E-state index is -0.661. The Balaban J connectivity index is 1.74. The Labute approximate surface area is 162 Å². The van der Waals surface area contributed by atoms with Crippen LogP contribution < -0.4 is 11.0 Å². The molecule has 26 heavy (non-hydrogen) atoms. The summed E-state index contributed by atoms with van der Waals surface area (Å²) < 4.78 is 2.94. The largest absolute Gasteiger partial charge is 0.346 e. The molecule has 1 aromatic heterocycles. The fraction of sp³-hybridized carbons (Fsp3) is 0.500. The molecular weight excluding hydrogens is 375 g/mol. The summed E-state index contributed by atoms with van der Waals surface area (Å²) >= 11 is 12.0. The van der Waals surface area contributed by atoms with Crippen molar-refractivity contribution in [3.63, 3.8) is 0 Å². The first kappa shape index (κ1) is 19.0. The summed E-state index contributed by atoms with van der Waals surface area (Å²) in [6.07, 6.45) is 3.86. The number of amides is 1. The Morgan fingerprint density at radius 2 is 2.00 bits per heavy atom. The molecule has 0 saturated carbocycles. The first-order valence-electron chi connectivity index (χ1n) is 8.71. The normalized spacial score (nSPS) is 14.6. The molecule has 0 fully saturated rings. The first-order chi connectivity index (χ1) is 12.3. The molecule has 140 valence electrons. The molecule has 0 spiro atoms. The van der Waals surface area contributed by atoms with Gasteiger partial charge in [-0.25, -0.2) is 9.48 Å². The van der Waals surface area contributed by atoms with Crippen molar-refractivity contribution in [2.45, 2.75) is 58.2 Å². The van der Waals surface area contributed by atoms with Crippen molar-refractivity contribution in [2.75, 3.05) is 0 Å². The Morgan fingerprint density at radius 1 is 1.23 bits per heavy atom. The van der Waals surface area contributed by atoms with Gasteiger partial charge in [0.25, 0.3) is 0 Å². The van der Waals surface area contributed by atoms with E-state index in [0.29, 0.717) is 16.6 Å². The van der Waals surface area contributed by atoms with Crippen LogP contribution in [0.3, 0.4) is 0 Å². The molecule has 1 aliphatic heterocycles. The fourth-order valence-corrected chi connectivity index (χ4v) is 3.51. The molecule has 1 aliphatic rings. The Bertz CT molecular complexity index is 886. The monoisotopic (exact) mass is 396 g/mol. The smallest absolute Gasteiger partial charge is 0.346 e. The highest BCUT2D eigenvalue weighted by Crippen LogP contribution is 2.28. The highest BCUT2D eigenvalue weighted by molar-refractivity contribution is 6.42. The van der Waals surface area contributed by atoms with E-state index in [4.69, 9.17) is 23.2 Å². The lowest BCUT2D eigenvalue weighted by atomic mass is 9.94. The van der Waals surface area contributed by atoms with Gasteiger partial charge in [0.15, 0.2) is 0 Å². The van der Waals surface area contributed by atoms with Crippen molar-refractivity contribution in [2.24, 2.45) is 0 Å². The molecule has 0 unspecified atom stereocenters. The molecule has 3 rings (SSSR count). The van der Waals surface area contributed by atoms with E-state index in [9.17, 15) is 9.59 Å². The fourth-order valence-electron chi connectivity index (χ4n) is 3.21. The van der Waals surface area contributed by atoms with Gasteiger partial charge in [0.2, 0.25) is 5.91 Å². The molecule has 0 atom stereocenters. The average Bonchev–Trinajstić information content (AvgIpc) is 2.74. The predicted molar refractivity (Wildman–Crippen MR) is 102 cm³/mol. The van der Waals surface area contributed by atoms with Crippen molar-refractivity contribution in [3.8, 4) is 0 Å². The number of benzene rings is 1. The van der Waals surface area contributed by atoms with E-state index in [1.54, 1.807) is 16.7 Å². The second-order valence-electron chi connectivity index (χ2n) is 7.12. The molecule has 0 radical (unpaired) electrons. The van der Waals surface area contributed by atoms with Crippen LogP contribution in [0.2, 0.25) is 10.0 Å². The van der Waals surface area contributed by atoms with Crippen LogP contribution in [0.25, 0.3) is 0 Å². The second-order valence-corrected chi connectivity index (χ2v) is 7.94. The molecule has 1 aromatic carbocycles. The van der Waals surface area contributed by atoms with Gasteiger partial charge < -0.3 is 5.32 Å². The van der Waals surface area contributed by atoms with Crippen LogP contribution in [0.4, 0.5) is 0 Å². The molecular formula is C18H22Cl2N4O2. The molecule has 0 bridgehead atoms. The van der Waals surface area contributed by atoms with E-state index in [1.165, 1.54) is 4.68 Å². The van der Waals surface area contributed by atoms with Crippen molar-refractivity contribution < 1.29 is 4.79 Å². The number of nitrogens with zero attached hydrogens (tertiary/aromatic N) is 3. The lowest BCUT2D eigenvalue weighted by Crippen LogP contribution is -2.44. The number of rotatable bonds is 4. The number of halogens is 2. The lowest BCUT2D eigenvalue weighted by molar-refractivity contribution is -0.123. The van der Waals surface area contributed by atoms with Gasteiger partial charge in [0.05, 0.1) is 15.6 Å². The van der Waals surface area contributed by atoms with Crippen LogP contribution in [0.5, 0.6) is 0 Å². The molecule has 6 nitrogen and oxygen atoms in total. The van der Waals surface area contributed by atoms with E-state index in [0.717, 1.165) is 37.1 Å². The van der Waals surface area contributed by atoms with Gasteiger partial charge in [-0.2, -0.15) is 5.10 Å². The Kier molecular flexibility index (Phi) is 5.44. The zero-order valence-corrected chi connectivity index (χ0v) is 16.4. The van der Waals surface area contributed by atoms with Crippen LogP contribution in [0.15, 0.2) is 23.0 Å². The van der Waals surface area contributed by atoms with Gasteiger partial charge in [-0.15, -0.1) is 0 Å². The highest BCUT2D eigenvalue weighted by atomic mass is 35.5. The van der Waals surface area contributed by atoms with Crippen LogP contribution in [-0.4, -0.2) is 20.3 Å². The third kappa shape index (κ3) is 3.96. The number of aryl methyl sites for hydroxylation is 1. The topological polar surface area (TPSA) is 68.9 Å². The quantitative estimate of drug-likeness (QED) is 0.862. The maximum atomic E-state index is 12.5. The van der Waals surface area contributed by atoms with Crippen molar-refractivity contribution in [1.82, 2.24) is 19.7 Å². The second kappa shape index (κ2) is 7.45. The van der Waals surface area contributed by atoms with Crippen molar-refractivity contribution in [3.05, 3.63) is 50.1 Å². The van der Waals surface area contributed by atoms with Crippen molar-refractivity contribution >= 4 is 29.1 Å². The summed E-state index contributed by atoms with van der Waals surface area (Å²) in [7, 11) is 0. The Hall–Kier alpha value is -1.79. The van der Waals surface area contributed by atoms with Crippen LogP contribution in [0, 0.1) is 0 Å². The maximum Gasteiger partial charge on any atom is 0.346 e. The van der Waals surface area contributed by atoms with E-state index in [1.807, 2.05) is 19.9 Å². The summed E-state index contributed by atoms with van der Waals surface area (Å²) in [6.45, 7) is 4.30. The average molecular weight is 397 g/mol. The third-order valence-corrected chi connectivity index (χ3v) is 5.41. The number of fused-ring (bicyclic) bond motifs is 1. The molecule has 2 aromatic rings. The SMILES string of the molecule is CC(C)(NC(=O)Cn1nc2n(c1=O)CCCCC2)c1ccc(Cl)c(Cl)c1. The summed E-state index contributed by atoms with van der Waals surface area (Å²) in [5.41, 5.74) is -0.0521. The van der Waals surface area contributed by atoms with Gasteiger partial charge in [-0.1, -0.05) is 35.7 Å². The lowest BCUT2D eigenvalue weighted by Gasteiger charge is -2.27. The first-order valence-corrected chi connectivity index (χ1v) is 9.46. The number of carbonyl (C=O) groups excluding carboxylic acids is 1. The molecule has 0 saturated heterocycles. The number of carbonyl (C=O) groups is 1. The van der Waals surface area contributed by atoms with Crippen LogP contribution in [-0.2, 0) is 29.8 Å². The molecule has 8 heteroatoms. The summed E-state index contributed by atoms with van der Waals surface area (Å²) in [5, 5.41) is 8.18. The molecule has 1 N–H and O–H groups in total. The zero-order chi connectivity index (χ0) is 18.9.